The van der Waals surface area contributed by atoms with Crippen molar-refractivity contribution in [2.24, 2.45) is 5.92 Å². The van der Waals surface area contributed by atoms with Crippen LogP contribution in [0.5, 0.6) is 0 Å². The van der Waals surface area contributed by atoms with Gasteiger partial charge in [-0.15, -0.1) is 0 Å². The number of ether oxygens (including phenoxy) is 3. The third-order valence-electron chi connectivity index (χ3n) is 3.15. The Kier molecular flexibility index (Phi) is 4.75. The predicted octanol–water partition coefficient (Wildman–Crippen LogP) is 2.99. The molecular weight excluding hydrogens is 228 g/mol. The molecule has 1 aliphatic heterocycles. The van der Waals surface area contributed by atoms with E-state index in [2.05, 4.69) is 26.0 Å². The molecule has 0 aliphatic carbocycles. The fraction of sp³-hybridized carbons (Fsp3) is 0.600. The van der Waals surface area contributed by atoms with Gasteiger partial charge in [0, 0.05) is 5.92 Å². The van der Waals surface area contributed by atoms with E-state index in [9.17, 15) is 0 Å². The van der Waals surface area contributed by atoms with Crippen LogP contribution in [0.1, 0.15) is 26.3 Å². The van der Waals surface area contributed by atoms with E-state index in [4.69, 9.17) is 14.2 Å². The summed E-state index contributed by atoms with van der Waals surface area (Å²) in [5.41, 5.74) is 1.18. The summed E-state index contributed by atoms with van der Waals surface area (Å²) in [7, 11) is 0. The van der Waals surface area contributed by atoms with Crippen LogP contribution < -0.4 is 0 Å². The minimum absolute atomic E-state index is 0.0141. The molecule has 18 heavy (non-hydrogen) atoms. The van der Waals surface area contributed by atoms with Crippen LogP contribution in [0, 0.1) is 5.92 Å². The molecule has 1 aromatic rings. The first kappa shape index (κ1) is 13.5. The Morgan fingerprint density at radius 1 is 1.28 bits per heavy atom. The van der Waals surface area contributed by atoms with Crippen LogP contribution in [0.3, 0.4) is 0 Å². The Balaban J connectivity index is 1.81. The number of benzene rings is 1. The summed E-state index contributed by atoms with van der Waals surface area (Å²) in [4.78, 5) is 0. The molecule has 3 nitrogen and oxygen atoms in total. The van der Waals surface area contributed by atoms with Gasteiger partial charge in [-0.25, -0.2) is 0 Å². The van der Waals surface area contributed by atoms with Crippen LogP contribution in [-0.4, -0.2) is 25.1 Å². The Morgan fingerprint density at radius 2 is 2.00 bits per heavy atom. The molecule has 100 valence electrons. The van der Waals surface area contributed by atoms with Crippen LogP contribution in [0.4, 0.5) is 0 Å². The van der Waals surface area contributed by atoms with Crippen LogP contribution in [0.25, 0.3) is 0 Å². The van der Waals surface area contributed by atoms with E-state index in [1.54, 1.807) is 0 Å². The Morgan fingerprint density at radius 3 is 2.61 bits per heavy atom. The second kappa shape index (κ2) is 6.32. The maximum absolute atomic E-state index is 5.86. The molecule has 1 saturated heterocycles. The second-order valence-corrected chi connectivity index (χ2v) is 5.12. The van der Waals surface area contributed by atoms with E-state index in [0.29, 0.717) is 19.1 Å². The summed E-state index contributed by atoms with van der Waals surface area (Å²) in [5.74, 6) is 0.377. The minimum Gasteiger partial charge on any atom is -0.368 e. The molecule has 0 saturated carbocycles. The zero-order chi connectivity index (χ0) is 13.0. The second-order valence-electron chi connectivity index (χ2n) is 5.12. The van der Waals surface area contributed by atoms with Crippen LogP contribution in [0.2, 0.25) is 0 Å². The molecule has 3 heteroatoms. The molecule has 0 bridgehead atoms. The number of hydrogen-bond donors (Lipinski definition) is 0. The maximum atomic E-state index is 5.86. The van der Waals surface area contributed by atoms with Crippen molar-refractivity contribution in [3.63, 3.8) is 0 Å². The highest BCUT2D eigenvalue weighted by Gasteiger charge is 2.30. The first-order valence-corrected chi connectivity index (χ1v) is 6.59. The van der Waals surface area contributed by atoms with Gasteiger partial charge < -0.3 is 14.2 Å². The van der Waals surface area contributed by atoms with Crippen LogP contribution in [0.15, 0.2) is 30.3 Å². The molecule has 3 atom stereocenters. The fourth-order valence-electron chi connectivity index (χ4n) is 1.97. The number of hydrogen-bond acceptors (Lipinski definition) is 3. The smallest absolute Gasteiger partial charge is 0.160 e. The van der Waals surface area contributed by atoms with Gasteiger partial charge in [0.05, 0.1) is 19.3 Å². The van der Waals surface area contributed by atoms with Crippen molar-refractivity contribution in [3.05, 3.63) is 35.9 Å². The lowest BCUT2D eigenvalue weighted by Gasteiger charge is -2.36. The van der Waals surface area contributed by atoms with Crippen molar-refractivity contribution >= 4 is 0 Å². The van der Waals surface area contributed by atoms with Crippen molar-refractivity contribution in [2.45, 2.75) is 45.9 Å². The molecule has 1 heterocycles. The standard InChI is InChI=1S/C15H22O3/c1-11(2)15-17-10-14(12(3)18-15)16-9-13-7-5-4-6-8-13/h4-8,11-12,14-15H,9-10H2,1-3H3/t12-,14-,15+/m1/s1. The SMILES string of the molecule is CC(C)[C@H]1OC[C@@H](OCc2ccccc2)[C@@H](C)O1. The lowest BCUT2D eigenvalue weighted by atomic mass is 10.1. The van der Waals surface area contributed by atoms with E-state index in [-0.39, 0.29) is 18.5 Å². The lowest BCUT2D eigenvalue weighted by molar-refractivity contribution is -0.272. The summed E-state index contributed by atoms with van der Waals surface area (Å²) in [6.45, 7) is 7.46. The monoisotopic (exact) mass is 250 g/mol. The highest BCUT2D eigenvalue weighted by Crippen LogP contribution is 2.21. The summed E-state index contributed by atoms with van der Waals surface area (Å²) in [5, 5.41) is 0. The molecule has 0 radical (unpaired) electrons. The molecule has 0 N–H and O–H groups in total. The van der Waals surface area contributed by atoms with E-state index in [0.717, 1.165) is 0 Å². The van der Waals surface area contributed by atoms with Gasteiger partial charge in [0.2, 0.25) is 0 Å². The normalized spacial score (nSPS) is 28.6. The van der Waals surface area contributed by atoms with Crippen molar-refractivity contribution in [1.82, 2.24) is 0 Å². The highest BCUT2D eigenvalue weighted by atomic mass is 16.7. The van der Waals surface area contributed by atoms with Crippen molar-refractivity contribution in [1.29, 1.82) is 0 Å². The molecule has 2 rings (SSSR count). The third-order valence-corrected chi connectivity index (χ3v) is 3.15. The first-order valence-electron chi connectivity index (χ1n) is 6.59. The largest absolute Gasteiger partial charge is 0.368 e. The summed E-state index contributed by atoms with van der Waals surface area (Å²) >= 11 is 0. The van der Waals surface area contributed by atoms with Crippen molar-refractivity contribution in [3.8, 4) is 0 Å². The zero-order valence-electron chi connectivity index (χ0n) is 11.3. The summed E-state index contributed by atoms with van der Waals surface area (Å²) in [6, 6.07) is 10.2. The maximum Gasteiger partial charge on any atom is 0.160 e. The van der Waals surface area contributed by atoms with Gasteiger partial charge in [-0.3, -0.25) is 0 Å². The molecule has 1 aliphatic rings. The molecule has 0 spiro atoms. The molecule has 0 aromatic heterocycles. The van der Waals surface area contributed by atoms with E-state index >= 15 is 0 Å². The van der Waals surface area contributed by atoms with Crippen LogP contribution >= 0.6 is 0 Å². The molecule has 0 unspecified atom stereocenters. The summed E-state index contributed by atoms with van der Waals surface area (Å²) < 4.78 is 17.3. The highest BCUT2D eigenvalue weighted by molar-refractivity contribution is 5.13. The van der Waals surface area contributed by atoms with E-state index in [1.165, 1.54) is 5.56 Å². The Bertz CT molecular complexity index is 350. The molecular formula is C15H22O3. The quantitative estimate of drug-likeness (QED) is 0.822. The zero-order valence-corrected chi connectivity index (χ0v) is 11.3. The average molecular weight is 250 g/mol. The predicted molar refractivity (Wildman–Crippen MR) is 70.1 cm³/mol. The molecule has 1 fully saturated rings. The molecule has 0 amide bonds. The fourth-order valence-corrected chi connectivity index (χ4v) is 1.97. The van der Waals surface area contributed by atoms with E-state index in [1.807, 2.05) is 25.1 Å². The Labute approximate surface area is 109 Å². The minimum atomic E-state index is -0.100. The topological polar surface area (TPSA) is 27.7 Å². The average Bonchev–Trinajstić information content (AvgIpc) is 2.38. The van der Waals surface area contributed by atoms with Crippen molar-refractivity contribution < 1.29 is 14.2 Å². The Hall–Kier alpha value is -0.900. The van der Waals surface area contributed by atoms with Crippen molar-refractivity contribution in [2.75, 3.05) is 6.61 Å². The molecule has 1 aromatic carbocycles. The van der Waals surface area contributed by atoms with Gasteiger partial charge in [-0.1, -0.05) is 44.2 Å². The van der Waals surface area contributed by atoms with Gasteiger partial charge >= 0.3 is 0 Å². The van der Waals surface area contributed by atoms with Gasteiger partial charge in [-0.2, -0.15) is 0 Å². The van der Waals surface area contributed by atoms with Gasteiger partial charge in [0.15, 0.2) is 6.29 Å². The lowest BCUT2D eigenvalue weighted by Crippen LogP contribution is -2.45. The van der Waals surface area contributed by atoms with Gasteiger partial charge in [0.25, 0.3) is 0 Å². The third kappa shape index (κ3) is 3.55. The van der Waals surface area contributed by atoms with Gasteiger partial charge in [0.1, 0.15) is 6.10 Å². The summed E-state index contributed by atoms with van der Waals surface area (Å²) in [6.07, 6.45) is -0.00774. The first-order chi connectivity index (χ1) is 8.66. The van der Waals surface area contributed by atoms with Crippen LogP contribution in [-0.2, 0) is 20.8 Å². The number of rotatable bonds is 4. The van der Waals surface area contributed by atoms with Gasteiger partial charge in [-0.05, 0) is 12.5 Å². The van der Waals surface area contributed by atoms with E-state index < -0.39 is 0 Å².